The van der Waals surface area contributed by atoms with E-state index in [4.69, 9.17) is 17.2 Å². The highest BCUT2D eigenvalue weighted by Crippen LogP contribution is 2.18. The molecule has 0 bridgehead atoms. The number of nitrogens with one attached hydrogen (secondary N) is 8. The summed E-state index contributed by atoms with van der Waals surface area (Å²) in [7, 11) is 0. The maximum Gasteiger partial charge on any atom is 0.328 e. The minimum atomic E-state index is -1.69. The number of carboxylic acid groups (broad SMARTS) is 1. The first kappa shape index (κ1) is 61.6. The predicted octanol–water partition coefficient (Wildman–Crippen LogP) is -4.82. The number of nitrogens with zero attached hydrogens (tertiary/aromatic N) is 1. The van der Waals surface area contributed by atoms with Crippen LogP contribution in [0, 0.1) is 5.92 Å². The van der Waals surface area contributed by atoms with Crippen LogP contribution in [0.3, 0.4) is 0 Å². The minimum absolute atomic E-state index is 0.0119. The number of aliphatic hydroxyl groups is 2. The van der Waals surface area contributed by atoms with E-state index in [9.17, 15) is 68.4 Å². The van der Waals surface area contributed by atoms with Crippen LogP contribution in [0.2, 0.25) is 0 Å². The van der Waals surface area contributed by atoms with Crippen LogP contribution in [-0.2, 0) is 54.4 Å². The molecular formula is C46H76N12O14. The Labute approximate surface area is 418 Å². The lowest BCUT2D eigenvalue weighted by atomic mass is 9.96. The lowest BCUT2D eigenvalue weighted by Crippen LogP contribution is -2.61. The highest BCUT2D eigenvalue weighted by atomic mass is 16.4. The zero-order valence-electron chi connectivity index (χ0n) is 41.4. The van der Waals surface area contributed by atoms with Crippen molar-refractivity contribution in [1.82, 2.24) is 47.4 Å². The summed E-state index contributed by atoms with van der Waals surface area (Å²) in [5, 5.41) is 58.9. The second-order valence-corrected chi connectivity index (χ2v) is 17.7. The van der Waals surface area contributed by atoms with Crippen LogP contribution >= 0.6 is 0 Å². The second-order valence-electron chi connectivity index (χ2n) is 17.7. The summed E-state index contributed by atoms with van der Waals surface area (Å²) in [6, 6.07) is -6.33. The minimum Gasteiger partial charge on any atom is -0.508 e. The van der Waals surface area contributed by atoms with Gasteiger partial charge in [-0.05, 0) is 102 Å². The van der Waals surface area contributed by atoms with E-state index in [2.05, 4.69) is 42.5 Å². The average molecular weight is 1020 g/mol. The van der Waals surface area contributed by atoms with E-state index in [0.717, 1.165) is 0 Å². The lowest BCUT2D eigenvalue weighted by Gasteiger charge is -2.29. The molecule has 72 heavy (non-hydrogen) atoms. The fraction of sp³-hybridized carbons (Fsp3) is 0.652. The molecule has 1 aliphatic heterocycles. The number of phenolic OH excluding ortho intramolecular Hbond substituents is 1. The molecule has 1 aromatic carbocycles. The van der Waals surface area contributed by atoms with E-state index >= 15 is 0 Å². The molecule has 1 saturated heterocycles. The largest absolute Gasteiger partial charge is 0.508 e. The summed E-state index contributed by atoms with van der Waals surface area (Å²) < 4.78 is 0. The van der Waals surface area contributed by atoms with Crippen molar-refractivity contribution in [3.8, 4) is 5.75 Å². The van der Waals surface area contributed by atoms with Gasteiger partial charge in [-0.3, -0.25) is 43.2 Å². The number of aliphatic hydroxyl groups excluding tert-OH is 2. The fourth-order valence-electron chi connectivity index (χ4n) is 7.54. The van der Waals surface area contributed by atoms with Gasteiger partial charge in [0.2, 0.25) is 53.2 Å². The molecule has 0 radical (unpaired) electrons. The molecule has 1 aromatic rings. The van der Waals surface area contributed by atoms with Gasteiger partial charge >= 0.3 is 5.97 Å². The topological polar surface area (TPSA) is 429 Å². The molecule has 0 aromatic heterocycles. The number of unbranched alkanes of at least 4 members (excludes halogenated alkanes) is 2. The van der Waals surface area contributed by atoms with Gasteiger partial charge in [0.1, 0.15) is 60.1 Å². The fourth-order valence-corrected chi connectivity index (χ4v) is 7.54. The summed E-state index contributed by atoms with van der Waals surface area (Å²) >= 11 is 0. The number of carboxylic acids is 1. The van der Waals surface area contributed by atoms with Crippen molar-refractivity contribution < 1.29 is 68.4 Å². The van der Waals surface area contributed by atoms with Crippen LogP contribution in [0.15, 0.2) is 24.3 Å². The zero-order valence-corrected chi connectivity index (χ0v) is 41.4. The van der Waals surface area contributed by atoms with Gasteiger partial charge in [-0.25, -0.2) is 4.79 Å². The third-order valence-electron chi connectivity index (χ3n) is 12.1. The highest BCUT2D eigenvalue weighted by Gasteiger charge is 2.37. The Morgan fingerprint density at radius 1 is 0.611 bits per heavy atom. The Bertz CT molecular complexity index is 2000. The number of aliphatic carboxylic acids is 1. The first-order chi connectivity index (χ1) is 34.2. The SMILES string of the molecule is CC[C@H](C)[C@H](NC(=O)[C@H](Cc1ccc(O)cc1)NC(=O)[C@H](C)NC(=O)[C@@H](C)NC(=O)[C@@H]1CCCN1C(=O)CN)C(=O)N[C@@H](CO)C(=O)N[C@@H](CCCCN)C(=O)N[C@@H](CCCCN)C(=O)N[C@@H](CO)C(=O)O. The van der Waals surface area contributed by atoms with Crippen molar-refractivity contribution in [3.05, 3.63) is 29.8 Å². The summed E-state index contributed by atoms with van der Waals surface area (Å²) in [5.41, 5.74) is 17.2. The van der Waals surface area contributed by atoms with E-state index in [1.807, 2.05) is 0 Å². The molecule has 18 N–H and O–H groups in total. The molecule has 1 aliphatic rings. The Kier molecular flexibility index (Phi) is 27.2. The van der Waals surface area contributed by atoms with Crippen molar-refractivity contribution in [1.29, 1.82) is 0 Å². The first-order valence-corrected chi connectivity index (χ1v) is 24.2. The van der Waals surface area contributed by atoms with Gasteiger partial charge in [-0.2, -0.15) is 0 Å². The van der Waals surface area contributed by atoms with Gasteiger partial charge in [0.25, 0.3) is 0 Å². The van der Waals surface area contributed by atoms with Gasteiger partial charge in [0, 0.05) is 13.0 Å². The Balaban J connectivity index is 2.29. The van der Waals surface area contributed by atoms with Crippen LogP contribution in [0.4, 0.5) is 0 Å². The number of nitrogens with two attached hydrogens (primary N) is 3. The van der Waals surface area contributed by atoms with Crippen LogP contribution in [0.1, 0.15) is 91.0 Å². The first-order valence-electron chi connectivity index (χ1n) is 24.2. The molecule has 0 aliphatic carbocycles. The second kappa shape index (κ2) is 31.8. The normalized spacial score (nSPS) is 17.0. The van der Waals surface area contributed by atoms with E-state index in [-0.39, 0.29) is 44.6 Å². The Hall–Kier alpha value is -6.48. The molecule has 0 spiro atoms. The number of rotatable bonds is 32. The molecule has 1 heterocycles. The number of amides is 9. The third kappa shape index (κ3) is 20.0. The van der Waals surface area contributed by atoms with Crippen LogP contribution in [0.25, 0.3) is 0 Å². The van der Waals surface area contributed by atoms with Crippen LogP contribution in [-0.4, -0.2) is 178 Å². The van der Waals surface area contributed by atoms with E-state index in [0.29, 0.717) is 57.1 Å². The third-order valence-corrected chi connectivity index (χ3v) is 12.1. The molecule has 10 atom stereocenters. The highest BCUT2D eigenvalue weighted by molar-refractivity contribution is 5.98. The van der Waals surface area contributed by atoms with Crippen molar-refractivity contribution in [2.24, 2.45) is 23.1 Å². The summed E-state index contributed by atoms with van der Waals surface area (Å²) in [5.74, 6) is -9.38. The van der Waals surface area contributed by atoms with Crippen LogP contribution in [0.5, 0.6) is 5.75 Å². The smallest absolute Gasteiger partial charge is 0.328 e. The van der Waals surface area contributed by atoms with E-state index < -0.39 is 133 Å². The number of carbonyl (C=O) groups excluding carboxylic acids is 9. The van der Waals surface area contributed by atoms with Gasteiger partial charge in [0.15, 0.2) is 0 Å². The van der Waals surface area contributed by atoms with Gasteiger partial charge < -0.3 is 85.1 Å². The molecule has 0 unspecified atom stereocenters. The molecule has 9 amide bonds. The Morgan fingerprint density at radius 2 is 1.08 bits per heavy atom. The molecule has 26 heteroatoms. The summed E-state index contributed by atoms with van der Waals surface area (Å²) in [6.07, 6.45) is 2.61. The molecule has 1 fully saturated rings. The maximum atomic E-state index is 14.2. The number of carbonyl (C=O) groups is 10. The average Bonchev–Trinajstić information content (AvgIpc) is 3.86. The molecule has 2 rings (SSSR count). The molecule has 404 valence electrons. The maximum absolute atomic E-state index is 14.2. The quantitative estimate of drug-likeness (QED) is 0.0301. The summed E-state index contributed by atoms with van der Waals surface area (Å²) in [4.78, 5) is 134. The number of aromatic hydroxyl groups is 1. The number of hydrogen-bond acceptors (Lipinski definition) is 16. The van der Waals surface area contributed by atoms with Crippen molar-refractivity contribution in [2.75, 3.05) is 39.4 Å². The standard InChI is InChI=1S/C46H76N12O14/c1-5-25(2)37(45(70)55-33(23-59)43(68)53-30(11-6-8-18-47)40(65)52-31(12-7-9-19-48)41(66)56-34(24-60)46(71)72)57-42(67)32(21-28-14-16-29(61)17-15-28)54-39(64)27(4)50-38(63)26(3)51-44(69)35-13-10-20-58(35)36(62)22-49/h14-17,25-27,30-35,37,59-61H,5-13,18-24,47-49H2,1-4H3,(H,50,63)(H,51,69)(H,52,65)(H,53,68)(H,54,64)(H,55,70)(H,56,66)(H,57,67)(H,71,72)/t25-,26+,27-,30-,31-,32-,33-,34-,35-,37-/m0/s1. The van der Waals surface area contributed by atoms with Crippen molar-refractivity contribution in [2.45, 2.75) is 146 Å². The molecule has 0 saturated carbocycles. The van der Waals surface area contributed by atoms with E-state index in [1.165, 1.54) is 43.0 Å². The predicted molar refractivity (Wildman–Crippen MR) is 259 cm³/mol. The van der Waals surface area contributed by atoms with Crippen molar-refractivity contribution in [3.63, 3.8) is 0 Å². The monoisotopic (exact) mass is 1020 g/mol. The van der Waals surface area contributed by atoms with Gasteiger partial charge in [0.05, 0.1) is 19.8 Å². The van der Waals surface area contributed by atoms with Gasteiger partial charge in [-0.1, -0.05) is 32.4 Å². The number of hydrogen-bond donors (Lipinski definition) is 15. The van der Waals surface area contributed by atoms with Crippen molar-refractivity contribution >= 4 is 59.1 Å². The molecule has 26 nitrogen and oxygen atoms in total. The lowest BCUT2D eigenvalue weighted by molar-refractivity contribution is -0.143. The van der Waals surface area contributed by atoms with Gasteiger partial charge in [-0.15, -0.1) is 0 Å². The summed E-state index contributed by atoms with van der Waals surface area (Å²) in [6.45, 7) is 4.72. The number of benzene rings is 1. The number of likely N-dealkylation sites (tertiary alicyclic amines) is 1. The zero-order chi connectivity index (χ0) is 54.1. The number of phenols is 1. The van der Waals surface area contributed by atoms with E-state index in [1.54, 1.807) is 13.8 Å². The van der Waals surface area contributed by atoms with Crippen LogP contribution < -0.4 is 59.7 Å². The molecular weight excluding hydrogens is 945 g/mol. The Morgan fingerprint density at radius 3 is 1.58 bits per heavy atom.